The zero-order chi connectivity index (χ0) is 18.7. The van der Waals surface area contributed by atoms with Crippen LogP contribution in [0.3, 0.4) is 0 Å². The summed E-state index contributed by atoms with van der Waals surface area (Å²) in [6.07, 6.45) is 1.94. The van der Waals surface area contributed by atoms with Gasteiger partial charge in [0.25, 0.3) is 0 Å². The summed E-state index contributed by atoms with van der Waals surface area (Å²) in [5.74, 6) is -0.0247. The summed E-state index contributed by atoms with van der Waals surface area (Å²) >= 11 is 3.15. The maximum absolute atomic E-state index is 13.0. The van der Waals surface area contributed by atoms with Gasteiger partial charge in [0.2, 0.25) is 15.9 Å². The maximum Gasteiger partial charge on any atom is 0.243 e. The highest BCUT2D eigenvalue weighted by atomic mass is 32.2. The fourth-order valence-corrected chi connectivity index (χ4v) is 5.33. The Morgan fingerprint density at radius 1 is 1.31 bits per heavy atom. The van der Waals surface area contributed by atoms with Gasteiger partial charge in [0.05, 0.1) is 16.5 Å². The summed E-state index contributed by atoms with van der Waals surface area (Å²) in [4.78, 5) is 15.2. The second-order valence-corrected chi connectivity index (χ2v) is 9.75. The van der Waals surface area contributed by atoms with Gasteiger partial charge in [-0.1, -0.05) is 6.07 Å². The first kappa shape index (κ1) is 19.1. The molecule has 0 spiro atoms. The fourth-order valence-electron chi connectivity index (χ4n) is 2.44. The van der Waals surface area contributed by atoms with Crippen LogP contribution >= 0.6 is 23.1 Å². The van der Waals surface area contributed by atoms with E-state index in [0.717, 1.165) is 32.1 Å². The normalized spacial score (nSPS) is 16.6. The smallest absolute Gasteiger partial charge is 0.243 e. The molecule has 5 nitrogen and oxygen atoms in total. The number of hydrogen-bond donors (Lipinski definition) is 0. The molecule has 1 aromatic carbocycles. The zero-order valence-electron chi connectivity index (χ0n) is 14.0. The van der Waals surface area contributed by atoms with Crippen molar-refractivity contribution in [2.45, 2.75) is 4.90 Å². The third-order valence-corrected chi connectivity index (χ3v) is 7.48. The Hall–Kier alpha value is -1.68. The molecule has 0 bridgehead atoms. The van der Waals surface area contributed by atoms with Crippen LogP contribution in [0.5, 0.6) is 0 Å². The number of thioether (sulfide) groups is 1. The van der Waals surface area contributed by atoms with Crippen molar-refractivity contribution >= 4 is 45.1 Å². The van der Waals surface area contributed by atoms with Crippen molar-refractivity contribution < 1.29 is 17.6 Å². The van der Waals surface area contributed by atoms with E-state index in [-0.39, 0.29) is 17.3 Å². The Balaban J connectivity index is 1.73. The van der Waals surface area contributed by atoms with Gasteiger partial charge in [-0.15, -0.1) is 23.1 Å². The van der Waals surface area contributed by atoms with Crippen LogP contribution in [0, 0.1) is 5.82 Å². The number of rotatable bonds is 5. The van der Waals surface area contributed by atoms with Gasteiger partial charge in [0.1, 0.15) is 5.82 Å². The molecule has 1 aliphatic rings. The maximum atomic E-state index is 13.0. The van der Waals surface area contributed by atoms with Gasteiger partial charge in [-0.2, -0.15) is 4.31 Å². The van der Waals surface area contributed by atoms with Gasteiger partial charge in [-0.25, -0.2) is 12.8 Å². The van der Waals surface area contributed by atoms with Gasteiger partial charge in [-0.3, -0.25) is 4.79 Å². The highest BCUT2D eigenvalue weighted by Gasteiger charge is 2.29. The summed E-state index contributed by atoms with van der Waals surface area (Å²) in [5.41, 5.74) is 0. The molecule has 1 amide bonds. The highest BCUT2D eigenvalue weighted by molar-refractivity contribution is 8.03. The van der Waals surface area contributed by atoms with Crippen molar-refractivity contribution in [3.05, 3.63) is 57.5 Å². The van der Waals surface area contributed by atoms with Crippen LogP contribution in [0.2, 0.25) is 0 Å². The van der Waals surface area contributed by atoms with Crippen molar-refractivity contribution in [1.82, 2.24) is 9.21 Å². The van der Waals surface area contributed by atoms with Crippen LogP contribution in [-0.2, 0) is 14.8 Å². The number of carbonyl (C=O) groups is 1. The van der Waals surface area contributed by atoms with E-state index >= 15 is 0 Å². The number of nitrogens with zero attached hydrogens (tertiary/aromatic N) is 2. The highest BCUT2D eigenvalue weighted by Crippen LogP contribution is 2.31. The molecule has 3 rings (SSSR count). The van der Waals surface area contributed by atoms with E-state index in [1.54, 1.807) is 28.0 Å². The molecule has 2 aromatic rings. The number of amides is 1. The first-order valence-corrected chi connectivity index (χ1v) is 11.1. The molecular formula is C17H17FN2O3S3. The van der Waals surface area contributed by atoms with E-state index in [9.17, 15) is 17.6 Å². The number of carbonyl (C=O) groups excluding carboxylic acids is 1. The van der Waals surface area contributed by atoms with Crippen LogP contribution in [0.1, 0.15) is 4.88 Å². The van der Waals surface area contributed by atoms with Crippen LogP contribution in [0.25, 0.3) is 6.08 Å². The number of likely N-dealkylation sites (N-methyl/N-ethyl adjacent to an activating group) is 1. The molecule has 0 atom stereocenters. The molecule has 2 heterocycles. The van der Waals surface area contributed by atoms with Crippen LogP contribution in [0.4, 0.5) is 4.39 Å². The van der Waals surface area contributed by atoms with E-state index in [2.05, 4.69) is 0 Å². The average Bonchev–Trinajstić information content (AvgIpc) is 3.27. The predicted molar refractivity (Wildman–Crippen MR) is 103 cm³/mol. The van der Waals surface area contributed by atoms with Gasteiger partial charge in [0, 0.05) is 24.2 Å². The third-order valence-electron chi connectivity index (χ3n) is 3.82. The number of sulfonamides is 1. The van der Waals surface area contributed by atoms with Gasteiger partial charge in [0.15, 0.2) is 0 Å². The topological polar surface area (TPSA) is 57.7 Å². The molecule has 0 aliphatic carbocycles. The fraction of sp³-hybridized carbons (Fsp3) is 0.235. The molecule has 0 saturated carbocycles. The lowest BCUT2D eigenvalue weighted by Crippen LogP contribution is -2.39. The van der Waals surface area contributed by atoms with E-state index in [1.165, 1.54) is 19.2 Å². The van der Waals surface area contributed by atoms with Gasteiger partial charge in [-0.05, 0) is 41.8 Å². The Bertz CT molecular complexity index is 909. The van der Waals surface area contributed by atoms with Crippen molar-refractivity contribution in [3.8, 4) is 0 Å². The molecule has 1 aliphatic heterocycles. The largest absolute Gasteiger partial charge is 0.305 e. The lowest BCUT2D eigenvalue weighted by atomic mass is 10.4. The monoisotopic (exact) mass is 412 g/mol. The zero-order valence-corrected chi connectivity index (χ0v) is 16.4. The second-order valence-electron chi connectivity index (χ2n) is 5.61. The van der Waals surface area contributed by atoms with Crippen molar-refractivity contribution in [1.29, 1.82) is 0 Å². The number of thiophene rings is 1. The number of halogens is 1. The van der Waals surface area contributed by atoms with Crippen LogP contribution in [0.15, 0.2) is 51.7 Å². The number of benzene rings is 1. The average molecular weight is 413 g/mol. The Morgan fingerprint density at radius 3 is 2.69 bits per heavy atom. The first-order chi connectivity index (χ1) is 12.4. The van der Waals surface area contributed by atoms with E-state index in [4.69, 9.17) is 0 Å². The molecule has 1 aromatic heterocycles. The molecule has 0 radical (unpaired) electrons. The second kappa shape index (κ2) is 7.91. The molecular weight excluding hydrogens is 395 g/mol. The van der Waals surface area contributed by atoms with E-state index in [1.807, 2.05) is 23.6 Å². The summed E-state index contributed by atoms with van der Waals surface area (Å²) in [5, 5.41) is 2.78. The minimum absolute atomic E-state index is 0.0423. The molecule has 1 saturated heterocycles. The summed E-state index contributed by atoms with van der Waals surface area (Å²) in [6.45, 7) is 0.271. The molecule has 26 heavy (non-hydrogen) atoms. The minimum Gasteiger partial charge on any atom is -0.305 e. The summed E-state index contributed by atoms with van der Waals surface area (Å²) in [6, 6.07) is 8.46. The molecule has 0 unspecified atom stereocenters. The Kier molecular flexibility index (Phi) is 5.81. The van der Waals surface area contributed by atoms with E-state index < -0.39 is 15.8 Å². The quantitative estimate of drug-likeness (QED) is 0.757. The molecule has 1 fully saturated rings. The molecule has 0 N–H and O–H groups in total. The van der Waals surface area contributed by atoms with Crippen LogP contribution in [-0.4, -0.2) is 49.4 Å². The van der Waals surface area contributed by atoms with Crippen molar-refractivity contribution in [2.24, 2.45) is 0 Å². The lowest BCUT2D eigenvalue weighted by molar-refractivity contribution is -0.128. The standard InChI is InChI=1S/C17H17FN2O3S3/c1-19(26(22,23)15-6-4-13(18)5-7-15)12-16(21)20-8-10-25-17(20)11-14-3-2-9-24-14/h2-7,9,11H,8,10,12H2,1H3/b17-11+. The van der Waals surface area contributed by atoms with Crippen molar-refractivity contribution in [2.75, 3.05) is 25.9 Å². The third kappa shape index (κ3) is 4.17. The Labute approximate surface area is 160 Å². The van der Waals surface area contributed by atoms with E-state index in [0.29, 0.717) is 6.54 Å². The molecule has 138 valence electrons. The Morgan fingerprint density at radius 2 is 2.04 bits per heavy atom. The lowest BCUT2D eigenvalue weighted by Gasteiger charge is -2.22. The first-order valence-electron chi connectivity index (χ1n) is 7.78. The predicted octanol–water partition coefficient (Wildman–Crippen LogP) is 3.08. The summed E-state index contributed by atoms with van der Waals surface area (Å²) in [7, 11) is -2.50. The van der Waals surface area contributed by atoms with Gasteiger partial charge < -0.3 is 4.90 Å². The van der Waals surface area contributed by atoms with Crippen molar-refractivity contribution in [3.63, 3.8) is 0 Å². The molecule has 9 heteroatoms. The number of hydrogen-bond acceptors (Lipinski definition) is 5. The minimum atomic E-state index is -3.85. The SMILES string of the molecule is CN(CC(=O)N1CCS/C1=C/c1cccs1)S(=O)(=O)c1ccc(F)cc1. The summed E-state index contributed by atoms with van der Waals surface area (Å²) < 4.78 is 39.1. The van der Waals surface area contributed by atoms with Gasteiger partial charge >= 0.3 is 0 Å². The van der Waals surface area contributed by atoms with Crippen LogP contribution < -0.4 is 0 Å².